The van der Waals surface area contributed by atoms with Gasteiger partial charge in [-0.3, -0.25) is 4.79 Å². The van der Waals surface area contributed by atoms with Gasteiger partial charge in [0.05, 0.1) is 6.54 Å². The molecule has 3 nitrogen and oxygen atoms in total. The van der Waals surface area contributed by atoms with Gasteiger partial charge in [0, 0.05) is 6.04 Å². The Bertz CT molecular complexity index is 80.5. The number of carbonyl (C=O) groups excluding carboxylic acids is 1. The SMILES string of the molecule is CC(C)NC(=O)C[NH]. The molecule has 0 spiro atoms. The maximum absolute atomic E-state index is 10.3. The van der Waals surface area contributed by atoms with Gasteiger partial charge in [0.1, 0.15) is 0 Å². The molecule has 0 heterocycles. The number of rotatable bonds is 2. The Kier molecular flexibility index (Phi) is 3.19. The Hall–Kier alpha value is -0.570. The largest absolute Gasteiger partial charge is 0.353 e. The zero-order chi connectivity index (χ0) is 6.57. The van der Waals surface area contributed by atoms with Crippen molar-refractivity contribution in [3.05, 3.63) is 0 Å². The van der Waals surface area contributed by atoms with E-state index in [1.165, 1.54) is 0 Å². The predicted molar refractivity (Wildman–Crippen MR) is 31.2 cm³/mol. The Morgan fingerprint density at radius 2 is 2.25 bits per heavy atom. The van der Waals surface area contributed by atoms with Crippen molar-refractivity contribution in [2.75, 3.05) is 6.54 Å². The minimum absolute atomic E-state index is 0.160. The second-order valence-electron chi connectivity index (χ2n) is 1.90. The number of carbonyl (C=O) groups is 1. The molecule has 0 aliphatic heterocycles. The highest BCUT2D eigenvalue weighted by Crippen LogP contribution is 1.73. The maximum atomic E-state index is 10.3. The van der Waals surface area contributed by atoms with Gasteiger partial charge < -0.3 is 5.32 Å². The van der Waals surface area contributed by atoms with Crippen LogP contribution in [0.4, 0.5) is 0 Å². The van der Waals surface area contributed by atoms with Crippen LogP contribution in [0.15, 0.2) is 0 Å². The summed E-state index contributed by atoms with van der Waals surface area (Å²) >= 11 is 0. The maximum Gasteiger partial charge on any atom is 0.235 e. The zero-order valence-electron chi connectivity index (χ0n) is 5.19. The van der Waals surface area contributed by atoms with Gasteiger partial charge in [0.15, 0.2) is 0 Å². The van der Waals surface area contributed by atoms with Crippen LogP contribution in [0.5, 0.6) is 0 Å². The number of hydrogen-bond donors (Lipinski definition) is 1. The van der Waals surface area contributed by atoms with Gasteiger partial charge in [-0.15, -0.1) is 0 Å². The molecule has 1 radical (unpaired) electrons. The van der Waals surface area contributed by atoms with Crippen LogP contribution in [0, 0.1) is 0 Å². The minimum atomic E-state index is -0.208. The lowest BCUT2D eigenvalue weighted by Crippen LogP contribution is -2.32. The van der Waals surface area contributed by atoms with Crippen molar-refractivity contribution in [1.29, 1.82) is 0 Å². The molecule has 0 aromatic carbocycles. The molecule has 3 heteroatoms. The van der Waals surface area contributed by atoms with E-state index in [4.69, 9.17) is 5.73 Å². The third-order valence-corrected chi connectivity index (χ3v) is 0.610. The van der Waals surface area contributed by atoms with E-state index in [1.807, 2.05) is 13.8 Å². The first-order chi connectivity index (χ1) is 3.66. The molecule has 0 saturated heterocycles. The summed E-state index contributed by atoms with van der Waals surface area (Å²) in [6, 6.07) is 0.160. The summed E-state index contributed by atoms with van der Waals surface area (Å²) in [7, 11) is 0. The molecule has 0 aromatic rings. The van der Waals surface area contributed by atoms with E-state index in [2.05, 4.69) is 5.32 Å². The van der Waals surface area contributed by atoms with E-state index in [-0.39, 0.29) is 18.5 Å². The molecular weight excluding hydrogens is 104 g/mol. The van der Waals surface area contributed by atoms with Gasteiger partial charge in [0.2, 0.25) is 5.91 Å². The molecule has 0 aromatic heterocycles. The average Bonchev–Trinajstić information content (AvgIpc) is 1.65. The summed E-state index contributed by atoms with van der Waals surface area (Å²) < 4.78 is 0. The molecule has 47 valence electrons. The van der Waals surface area contributed by atoms with Gasteiger partial charge in [-0.05, 0) is 13.8 Å². The van der Waals surface area contributed by atoms with Crippen LogP contribution >= 0.6 is 0 Å². The van der Waals surface area contributed by atoms with E-state index < -0.39 is 0 Å². The molecule has 0 bridgehead atoms. The van der Waals surface area contributed by atoms with Gasteiger partial charge in [-0.1, -0.05) is 0 Å². The molecule has 0 rings (SSSR count). The van der Waals surface area contributed by atoms with E-state index in [0.717, 1.165) is 0 Å². The van der Waals surface area contributed by atoms with Crippen LogP contribution < -0.4 is 11.1 Å². The molecule has 0 unspecified atom stereocenters. The smallest absolute Gasteiger partial charge is 0.235 e. The van der Waals surface area contributed by atoms with E-state index in [9.17, 15) is 4.79 Å². The molecule has 0 aliphatic rings. The molecule has 0 saturated carbocycles. The lowest BCUT2D eigenvalue weighted by atomic mass is 10.4. The van der Waals surface area contributed by atoms with E-state index >= 15 is 0 Å². The Balaban J connectivity index is 3.25. The highest BCUT2D eigenvalue weighted by atomic mass is 16.1. The molecule has 0 aliphatic carbocycles. The fraction of sp³-hybridized carbons (Fsp3) is 0.800. The third-order valence-electron chi connectivity index (χ3n) is 0.610. The monoisotopic (exact) mass is 115 g/mol. The average molecular weight is 115 g/mol. The van der Waals surface area contributed by atoms with Gasteiger partial charge in [-0.2, -0.15) is 0 Å². The summed E-state index contributed by atoms with van der Waals surface area (Å²) in [6.45, 7) is 3.57. The highest BCUT2D eigenvalue weighted by Gasteiger charge is 1.97. The summed E-state index contributed by atoms with van der Waals surface area (Å²) in [5, 5.41) is 2.57. The Labute approximate surface area is 49.3 Å². The molecular formula is C5H11N2O. The summed E-state index contributed by atoms with van der Waals surface area (Å²) in [5.74, 6) is -0.208. The fourth-order valence-electron chi connectivity index (χ4n) is 0.373. The second-order valence-corrected chi connectivity index (χ2v) is 1.90. The van der Waals surface area contributed by atoms with Crippen LogP contribution in [-0.2, 0) is 4.79 Å². The van der Waals surface area contributed by atoms with E-state index in [1.54, 1.807) is 0 Å². The fourth-order valence-corrected chi connectivity index (χ4v) is 0.373. The standard InChI is InChI=1S/C5H11N2O/c1-4(2)7-5(8)3-6/h4,6H,3H2,1-2H3,(H,7,8). The van der Waals surface area contributed by atoms with E-state index in [0.29, 0.717) is 0 Å². The van der Waals surface area contributed by atoms with Crippen LogP contribution in [0.25, 0.3) is 0 Å². The first-order valence-electron chi connectivity index (χ1n) is 2.60. The quantitative estimate of drug-likeness (QED) is 0.532. The molecule has 2 N–H and O–H groups in total. The first-order valence-corrected chi connectivity index (χ1v) is 2.60. The summed E-state index contributed by atoms with van der Waals surface area (Å²) in [5.41, 5.74) is 6.59. The highest BCUT2D eigenvalue weighted by molar-refractivity contribution is 5.77. The van der Waals surface area contributed by atoms with Crippen molar-refractivity contribution in [2.45, 2.75) is 19.9 Å². The molecule has 1 amide bonds. The lowest BCUT2D eigenvalue weighted by molar-refractivity contribution is -0.120. The number of amides is 1. The van der Waals surface area contributed by atoms with Gasteiger partial charge in [0.25, 0.3) is 0 Å². The minimum Gasteiger partial charge on any atom is -0.353 e. The van der Waals surface area contributed by atoms with Gasteiger partial charge in [-0.25, -0.2) is 5.73 Å². The molecule has 0 atom stereocenters. The normalized spacial score (nSPS) is 9.50. The van der Waals surface area contributed by atoms with Crippen molar-refractivity contribution in [3.63, 3.8) is 0 Å². The Morgan fingerprint density at radius 3 is 2.38 bits per heavy atom. The van der Waals surface area contributed by atoms with Crippen LogP contribution in [0.3, 0.4) is 0 Å². The summed E-state index contributed by atoms with van der Waals surface area (Å²) in [4.78, 5) is 10.3. The van der Waals surface area contributed by atoms with Crippen LogP contribution in [0.2, 0.25) is 0 Å². The first kappa shape index (κ1) is 7.43. The lowest BCUT2D eigenvalue weighted by Gasteiger charge is -2.04. The predicted octanol–water partition coefficient (Wildman–Crippen LogP) is -0.206. The van der Waals surface area contributed by atoms with Crippen molar-refractivity contribution >= 4 is 5.91 Å². The molecule has 8 heavy (non-hydrogen) atoms. The number of hydrogen-bond acceptors (Lipinski definition) is 1. The van der Waals surface area contributed by atoms with Gasteiger partial charge >= 0.3 is 0 Å². The van der Waals surface area contributed by atoms with Crippen molar-refractivity contribution in [2.24, 2.45) is 0 Å². The van der Waals surface area contributed by atoms with Crippen molar-refractivity contribution in [1.82, 2.24) is 11.1 Å². The summed E-state index contributed by atoms with van der Waals surface area (Å²) in [6.07, 6.45) is 0. The van der Waals surface area contributed by atoms with Crippen molar-refractivity contribution < 1.29 is 4.79 Å². The Morgan fingerprint density at radius 1 is 1.75 bits per heavy atom. The third kappa shape index (κ3) is 3.61. The van der Waals surface area contributed by atoms with Crippen molar-refractivity contribution in [3.8, 4) is 0 Å². The second kappa shape index (κ2) is 3.43. The zero-order valence-corrected chi connectivity index (χ0v) is 5.19. The topological polar surface area (TPSA) is 52.9 Å². The van der Waals surface area contributed by atoms with Crippen LogP contribution in [-0.4, -0.2) is 18.5 Å². The molecule has 0 fully saturated rings. The van der Waals surface area contributed by atoms with Crippen LogP contribution in [0.1, 0.15) is 13.8 Å². The number of nitrogens with one attached hydrogen (secondary N) is 2.